The summed E-state index contributed by atoms with van der Waals surface area (Å²) in [6.07, 6.45) is 1.98. The van der Waals surface area contributed by atoms with Gasteiger partial charge in [-0.2, -0.15) is 0 Å². The molecule has 4 nitrogen and oxygen atoms in total. The van der Waals surface area contributed by atoms with Crippen LogP contribution in [0.3, 0.4) is 0 Å². The lowest BCUT2D eigenvalue weighted by Crippen LogP contribution is -2.26. The van der Waals surface area contributed by atoms with E-state index >= 15 is 0 Å². The predicted molar refractivity (Wildman–Crippen MR) is 68.8 cm³/mol. The average Bonchev–Trinajstić information content (AvgIpc) is 2.41. The standard InChI is InChI=1S/C14H20O4/c1-10-8-12(15-2)14(13(9-10)16-3)18-11-4-6-17-7-5-11/h8-9,11H,4-7H2,1-3H3. The van der Waals surface area contributed by atoms with Gasteiger partial charge in [0.1, 0.15) is 6.10 Å². The van der Waals surface area contributed by atoms with Gasteiger partial charge in [0.2, 0.25) is 5.75 Å². The predicted octanol–water partition coefficient (Wildman–Crippen LogP) is 2.57. The van der Waals surface area contributed by atoms with Crippen LogP contribution in [-0.4, -0.2) is 33.5 Å². The molecule has 0 N–H and O–H groups in total. The van der Waals surface area contributed by atoms with E-state index in [0.717, 1.165) is 43.1 Å². The first-order valence-corrected chi connectivity index (χ1v) is 6.21. The molecule has 0 atom stereocenters. The monoisotopic (exact) mass is 252 g/mol. The molecule has 4 heteroatoms. The van der Waals surface area contributed by atoms with Crippen LogP contribution >= 0.6 is 0 Å². The van der Waals surface area contributed by atoms with Crippen LogP contribution in [0.25, 0.3) is 0 Å². The molecule has 18 heavy (non-hydrogen) atoms. The van der Waals surface area contributed by atoms with Gasteiger partial charge in [-0.25, -0.2) is 0 Å². The maximum atomic E-state index is 6.02. The Morgan fingerprint density at radius 2 is 1.61 bits per heavy atom. The van der Waals surface area contributed by atoms with Crippen LogP contribution in [-0.2, 0) is 4.74 Å². The van der Waals surface area contributed by atoms with Crippen LogP contribution in [0.4, 0.5) is 0 Å². The zero-order chi connectivity index (χ0) is 13.0. The van der Waals surface area contributed by atoms with E-state index in [4.69, 9.17) is 18.9 Å². The van der Waals surface area contributed by atoms with Crippen LogP contribution in [0, 0.1) is 6.92 Å². The van der Waals surface area contributed by atoms with Crippen LogP contribution in [0.5, 0.6) is 17.2 Å². The molecular formula is C14H20O4. The SMILES string of the molecule is COc1cc(C)cc(OC)c1OC1CCOCC1. The van der Waals surface area contributed by atoms with E-state index in [1.54, 1.807) is 14.2 Å². The Hall–Kier alpha value is -1.42. The summed E-state index contributed by atoms with van der Waals surface area (Å²) in [6, 6.07) is 3.91. The number of ether oxygens (including phenoxy) is 4. The molecule has 1 aromatic carbocycles. The number of hydrogen-bond acceptors (Lipinski definition) is 4. The van der Waals surface area contributed by atoms with Crippen molar-refractivity contribution in [1.29, 1.82) is 0 Å². The first-order chi connectivity index (χ1) is 8.74. The third-order valence-electron chi connectivity index (χ3n) is 3.06. The van der Waals surface area contributed by atoms with Gasteiger partial charge in [0, 0.05) is 12.8 Å². The van der Waals surface area contributed by atoms with Crippen LogP contribution in [0.15, 0.2) is 12.1 Å². The summed E-state index contributed by atoms with van der Waals surface area (Å²) >= 11 is 0. The maximum absolute atomic E-state index is 6.02. The van der Waals surface area contributed by atoms with E-state index in [1.165, 1.54) is 0 Å². The molecule has 0 unspecified atom stereocenters. The second-order valence-corrected chi connectivity index (χ2v) is 4.43. The first kappa shape index (κ1) is 13.0. The molecule has 2 rings (SSSR count). The Morgan fingerprint density at radius 1 is 1.06 bits per heavy atom. The molecule has 0 amide bonds. The summed E-state index contributed by atoms with van der Waals surface area (Å²) in [5.74, 6) is 2.13. The quantitative estimate of drug-likeness (QED) is 0.825. The maximum Gasteiger partial charge on any atom is 0.203 e. The highest BCUT2D eigenvalue weighted by Gasteiger charge is 2.20. The van der Waals surface area contributed by atoms with Gasteiger partial charge >= 0.3 is 0 Å². The molecule has 1 heterocycles. The zero-order valence-corrected chi connectivity index (χ0v) is 11.2. The fraction of sp³-hybridized carbons (Fsp3) is 0.571. The molecule has 1 aromatic rings. The first-order valence-electron chi connectivity index (χ1n) is 6.21. The highest BCUT2D eigenvalue weighted by atomic mass is 16.5. The molecule has 0 aromatic heterocycles. The van der Waals surface area contributed by atoms with E-state index in [-0.39, 0.29) is 6.10 Å². The molecule has 0 spiro atoms. The molecule has 100 valence electrons. The molecule has 1 saturated heterocycles. The van der Waals surface area contributed by atoms with Gasteiger partial charge in [-0.3, -0.25) is 0 Å². The topological polar surface area (TPSA) is 36.9 Å². The molecular weight excluding hydrogens is 232 g/mol. The second kappa shape index (κ2) is 5.96. The van der Waals surface area contributed by atoms with Crippen molar-refractivity contribution in [1.82, 2.24) is 0 Å². The Labute approximate surface area is 108 Å². The number of hydrogen-bond donors (Lipinski definition) is 0. The van der Waals surface area contributed by atoms with Crippen molar-refractivity contribution in [3.05, 3.63) is 17.7 Å². The van der Waals surface area contributed by atoms with Gasteiger partial charge in [0.15, 0.2) is 11.5 Å². The third kappa shape index (κ3) is 2.88. The van der Waals surface area contributed by atoms with Crippen molar-refractivity contribution < 1.29 is 18.9 Å². The molecule has 1 aliphatic heterocycles. The summed E-state index contributed by atoms with van der Waals surface area (Å²) in [5, 5.41) is 0. The lowest BCUT2D eigenvalue weighted by atomic mass is 10.1. The molecule has 0 aliphatic carbocycles. The number of benzene rings is 1. The van der Waals surface area contributed by atoms with Gasteiger partial charge in [0.05, 0.1) is 27.4 Å². The summed E-state index contributed by atoms with van der Waals surface area (Å²) < 4.78 is 22.1. The molecule has 0 bridgehead atoms. The van der Waals surface area contributed by atoms with Crippen molar-refractivity contribution in [3.63, 3.8) is 0 Å². The van der Waals surface area contributed by atoms with Gasteiger partial charge in [-0.15, -0.1) is 0 Å². The normalized spacial score (nSPS) is 16.4. The highest BCUT2D eigenvalue weighted by molar-refractivity contribution is 5.53. The highest BCUT2D eigenvalue weighted by Crippen LogP contribution is 2.39. The lowest BCUT2D eigenvalue weighted by molar-refractivity contribution is 0.0234. The third-order valence-corrected chi connectivity index (χ3v) is 3.06. The zero-order valence-electron chi connectivity index (χ0n) is 11.2. The summed E-state index contributed by atoms with van der Waals surface area (Å²) in [5.41, 5.74) is 1.09. The van der Waals surface area contributed by atoms with E-state index in [0.29, 0.717) is 5.75 Å². The largest absolute Gasteiger partial charge is 0.493 e. The molecule has 0 radical (unpaired) electrons. The van der Waals surface area contributed by atoms with Gasteiger partial charge in [-0.05, 0) is 24.6 Å². The van der Waals surface area contributed by atoms with E-state index in [9.17, 15) is 0 Å². The Balaban J connectivity index is 2.23. The minimum absolute atomic E-state index is 0.171. The van der Waals surface area contributed by atoms with Crippen molar-refractivity contribution in [2.24, 2.45) is 0 Å². The molecule has 1 aliphatic rings. The van der Waals surface area contributed by atoms with Crippen molar-refractivity contribution >= 4 is 0 Å². The Bertz CT molecular complexity index is 372. The summed E-state index contributed by atoms with van der Waals surface area (Å²) in [4.78, 5) is 0. The minimum atomic E-state index is 0.171. The summed E-state index contributed by atoms with van der Waals surface area (Å²) in [6.45, 7) is 3.51. The molecule has 1 fully saturated rings. The Morgan fingerprint density at radius 3 is 2.11 bits per heavy atom. The van der Waals surface area contributed by atoms with Crippen molar-refractivity contribution in [3.8, 4) is 17.2 Å². The average molecular weight is 252 g/mol. The van der Waals surface area contributed by atoms with Crippen LogP contribution in [0.1, 0.15) is 18.4 Å². The lowest BCUT2D eigenvalue weighted by Gasteiger charge is -2.25. The number of rotatable bonds is 4. The second-order valence-electron chi connectivity index (χ2n) is 4.43. The fourth-order valence-electron chi connectivity index (χ4n) is 2.09. The van der Waals surface area contributed by atoms with Gasteiger partial charge < -0.3 is 18.9 Å². The van der Waals surface area contributed by atoms with Crippen LogP contribution in [0.2, 0.25) is 0 Å². The van der Waals surface area contributed by atoms with Crippen molar-refractivity contribution in [2.75, 3.05) is 27.4 Å². The number of methoxy groups -OCH3 is 2. The van der Waals surface area contributed by atoms with Gasteiger partial charge in [0.25, 0.3) is 0 Å². The number of aryl methyl sites for hydroxylation is 1. The summed E-state index contributed by atoms with van der Waals surface area (Å²) in [7, 11) is 3.29. The Kier molecular flexibility index (Phi) is 4.31. The van der Waals surface area contributed by atoms with Gasteiger partial charge in [-0.1, -0.05) is 0 Å². The minimum Gasteiger partial charge on any atom is -0.493 e. The van der Waals surface area contributed by atoms with Crippen molar-refractivity contribution in [2.45, 2.75) is 25.9 Å². The molecule has 0 saturated carbocycles. The smallest absolute Gasteiger partial charge is 0.203 e. The van der Waals surface area contributed by atoms with E-state index < -0.39 is 0 Å². The fourth-order valence-corrected chi connectivity index (χ4v) is 2.09. The van der Waals surface area contributed by atoms with Crippen LogP contribution < -0.4 is 14.2 Å². The van der Waals surface area contributed by atoms with E-state index in [1.807, 2.05) is 19.1 Å². The van der Waals surface area contributed by atoms with E-state index in [2.05, 4.69) is 0 Å².